The number of nitrogens with one attached hydrogen (secondary N) is 1. The number of hydrogen-bond donors (Lipinski definition) is 3. The number of hydrogen-bond acceptors (Lipinski definition) is 3. The number of nitrogen functional groups attached to an aromatic ring is 1. The Morgan fingerprint density at radius 3 is 2.82 bits per heavy atom. The third-order valence-corrected chi connectivity index (χ3v) is 1.96. The summed E-state index contributed by atoms with van der Waals surface area (Å²) in [6.07, 6.45) is 0. The minimum absolute atomic E-state index is 0.452. The molecule has 0 fully saturated rings. The first-order chi connectivity index (χ1) is 5.27. The lowest BCUT2D eigenvalue weighted by molar-refractivity contribution is 1.26. The fourth-order valence-electron chi connectivity index (χ4n) is 0.815. The molecule has 4 heteroatoms. The van der Waals surface area contributed by atoms with Gasteiger partial charge in [0.1, 0.15) is 0 Å². The van der Waals surface area contributed by atoms with Crippen LogP contribution in [0.1, 0.15) is 5.56 Å². The Bertz CT molecular complexity index is 252. The molecule has 0 spiro atoms. The van der Waals surface area contributed by atoms with Gasteiger partial charge in [0.05, 0.1) is 5.69 Å². The van der Waals surface area contributed by atoms with Gasteiger partial charge in [-0.1, -0.05) is 6.07 Å². The minimum atomic E-state index is 0.452. The van der Waals surface area contributed by atoms with Gasteiger partial charge in [-0.3, -0.25) is 5.84 Å². The van der Waals surface area contributed by atoms with E-state index in [0.29, 0.717) is 5.88 Å². The van der Waals surface area contributed by atoms with E-state index in [0.717, 1.165) is 16.1 Å². The average Bonchev–Trinajstić information content (AvgIpc) is 2.04. The molecule has 3 N–H and O–H groups in total. The highest BCUT2D eigenvalue weighted by Gasteiger charge is 1.98. The van der Waals surface area contributed by atoms with Crippen LogP contribution in [-0.4, -0.2) is 0 Å². The van der Waals surface area contributed by atoms with Gasteiger partial charge in [-0.15, -0.1) is 24.2 Å². The van der Waals surface area contributed by atoms with Gasteiger partial charge in [-0.2, -0.15) is 0 Å². The molecule has 1 aromatic rings. The summed E-state index contributed by atoms with van der Waals surface area (Å²) >= 11 is 9.80. The van der Waals surface area contributed by atoms with Crippen LogP contribution in [0.5, 0.6) is 0 Å². The second-order valence-electron chi connectivity index (χ2n) is 2.12. The molecule has 0 amide bonds. The zero-order valence-corrected chi connectivity index (χ0v) is 7.49. The van der Waals surface area contributed by atoms with E-state index in [9.17, 15) is 0 Å². The molecule has 0 atom stereocenters. The van der Waals surface area contributed by atoms with Crippen LogP contribution < -0.4 is 11.3 Å². The first-order valence-corrected chi connectivity index (χ1v) is 4.10. The summed E-state index contributed by atoms with van der Waals surface area (Å²) in [7, 11) is 0. The topological polar surface area (TPSA) is 38.0 Å². The predicted molar refractivity (Wildman–Crippen MR) is 51.1 cm³/mol. The van der Waals surface area contributed by atoms with Crippen molar-refractivity contribution in [2.24, 2.45) is 5.84 Å². The van der Waals surface area contributed by atoms with E-state index in [2.05, 4.69) is 18.1 Å². The van der Waals surface area contributed by atoms with Crippen molar-refractivity contribution in [3.8, 4) is 0 Å². The predicted octanol–water partition coefficient (Wildman–Crippen LogP) is 2.00. The fraction of sp³-hybridized carbons (Fsp3) is 0.143. The van der Waals surface area contributed by atoms with Crippen molar-refractivity contribution >= 4 is 29.9 Å². The Hall–Kier alpha value is -0.380. The van der Waals surface area contributed by atoms with Crippen LogP contribution in [0.25, 0.3) is 0 Å². The van der Waals surface area contributed by atoms with Gasteiger partial charge in [0.2, 0.25) is 0 Å². The molecule has 0 radical (unpaired) electrons. The summed E-state index contributed by atoms with van der Waals surface area (Å²) in [6.45, 7) is 0. The standard InChI is InChI=1S/C7H9ClN2S/c8-4-5-1-2-6(11)3-7(5)10-9/h1-3,10-11H,4,9H2. The van der Waals surface area contributed by atoms with Gasteiger partial charge in [-0.05, 0) is 17.7 Å². The maximum absolute atomic E-state index is 5.64. The molecule has 2 nitrogen and oxygen atoms in total. The number of benzene rings is 1. The molecule has 0 aliphatic rings. The van der Waals surface area contributed by atoms with Crippen molar-refractivity contribution in [2.45, 2.75) is 10.8 Å². The minimum Gasteiger partial charge on any atom is -0.324 e. The number of alkyl halides is 1. The molecule has 1 aromatic carbocycles. The summed E-state index contributed by atoms with van der Waals surface area (Å²) in [6, 6.07) is 5.60. The van der Waals surface area contributed by atoms with E-state index in [4.69, 9.17) is 17.4 Å². The first-order valence-electron chi connectivity index (χ1n) is 3.12. The van der Waals surface area contributed by atoms with Gasteiger partial charge in [-0.25, -0.2) is 0 Å². The Kier molecular flexibility index (Phi) is 3.05. The largest absolute Gasteiger partial charge is 0.324 e. The molecule has 0 heterocycles. The van der Waals surface area contributed by atoms with Crippen molar-refractivity contribution in [1.82, 2.24) is 0 Å². The van der Waals surface area contributed by atoms with Crippen LogP contribution in [0.4, 0.5) is 5.69 Å². The SMILES string of the molecule is NNc1cc(S)ccc1CCl. The number of anilines is 1. The van der Waals surface area contributed by atoms with E-state index in [1.54, 1.807) is 0 Å². The summed E-state index contributed by atoms with van der Waals surface area (Å²) in [5.74, 6) is 5.70. The summed E-state index contributed by atoms with van der Waals surface area (Å²) < 4.78 is 0. The Balaban J connectivity index is 3.06. The highest BCUT2D eigenvalue weighted by Crippen LogP contribution is 2.20. The lowest BCUT2D eigenvalue weighted by atomic mass is 10.2. The monoisotopic (exact) mass is 188 g/mol. The second kappa shape index (κ2) is 3.85. The van der Waals surface area contributed by atoms with E-state index in [1.807, 2.05) is 18.2 Å². The number of halogens is 1. The Morgan fingerprint density at radius 2 is 2.27 bits per heavy atom. The van der Waals surface area contributed by atoms with Gasteiger partial charge in [0.15, 0.2) is 0 Å². The van der Waals surface area contributed by atoms with Gasteiger partial charge < -0.3 is 5.43 Å². The van der Waals surface area contributed by atoms with Crippen LogP contribution in [-0.2, 0) is 5.88 Å². The highest BCUT2D eigenvalue weighted by atomic mass is 35.5. The van der Waals surface area contributed by atoms with Crippen LogP contribution in [0, 0.1) is 0 Å². The highest BCUT2D eigenvalue weighted by molar-refractivity contribution is 7.80. The average molecular weight is 189 g/mol. The first kappa shape index (κ1) is 8.71. The molecule has 60 valence electrons. The third kappa shape index (κ3) is 2.02. The number of rotatable bonds is 2. The van der Waals surface area contributed by atoms with Crippen LogP contribution >= 0.6 is 24.2 Å². The number of thiol groups is 1. The normalized spacial score (nSPS) is 9.73. The van der Waals surface area contributed by atoms with Gasteiger partial charge in [0, 0.05) is 10.8 Å². The molecule has 0 aliphatic carbocycles. The lowest BCUT2D eigenvalue weighted by Crippen LogP contribution is -2.08. The molecule has 0 unspecified atom stereocenters. The third-order valence-electron chi connectivity index (χ3n) is 1.39. The smallest absolute Gasteiger partial charge is 0.0540 e. The second-order valence-corrected chi connectivity index (χ2v) is 2.90. The van der Waals surface area contributed by atoms with Crippen LogP contribution in [0.15, 0.2) is 23.1 Å². The van der Waals surface area contributed by atoms with Crippen LogP contribution in [0.3, 0.4) is 0 Å². The van der Waals surface area contributed by atoms with E-state index < -0.39 is 0 Å². The van der Waals surface area contributed by atoms with Gasteiger partial charge in [0.25, 0.3) is 0 Å². The van der Waals surface area contributed by atoms with Crippen LogP contribution in [0.2, 0.25) is 0 Å². The quantitative estimate of drug-likeness (QED) is 0.288. The van der Waals surface area contributed by atoms with Crippen molar-refractivity contribution in [3.63, 3.8) is 0 Å². The molecule has 11 heavy (non-hydrogen) atoms. The maximum atomic E-state index is 5.64. The molecule has 0 aromatic heterocycles. The fourth-order valence-corrected chi connectivity index (χ4v) is 1.25. The van der Waals surface area contributed by atoms with Crippen molar-refractivity contribution in [2.75, 3.05) is 5.43 Å². The maximum Gasteiger partial charge on any atom is 0.0540 e. The zero-order chi connectivity index (χ0) is 8.27. The molecule has 0 saturated carbocycles. The molecule has 0 aliphatic heterocycles. The van der Waals surface area contributed by atoms with Crippen molar-refractivity contribution in [1.29, 1.82) is 0 Å². The van der Waals surface area contributed by atoms with E-state index in [1.165, 1.54) is 0 Å². The number of nitrogens with two attached hydrogens (primary N) is 1. The molecular formula is C7H9ClN2S. The summed E-state index contributed by atoms with van der Waals surface area (Å²) in [5, 5.41) is 0. The van der Waals surface area contributed by atoms with Crippen molar-refractivity contribution < 1.29 is 0 Å². The zero-order valence-electron chi connectivity index (χ0n) is 5.84. The van der Waals surface area contributed by atoms with E-state index in [-0.39, 0.29) is 0 Å². The van der Waals surface area contributed by atoms with Crippen molar-refractivity contribution in [3.05, 3.63) is 23.8 Å². The molecule has 0 bridgehead atoms. The molecule has 1 rings (SSSR count). The molecule has 0 saturated heterocycles. The summed E-state index contributed by atoms with van der Waals surface area (Å²) in [4.78, 5) is 0.867. The summed E-state index contributed by atoms with van der Waals surface area (Å²) in [5.41, 5.74) is 4.36. The van der Waals surface area contributed by atoms with Gasteiger partial charge >= 0.3 is 0 Å². The van der Waals surface area contributed by atoms with E-state index >= 15 is 0 Å². The number of hydrazine groups is 1. The molecular weight excluding hydrogens is 180 g/mol. The Morgan fingerprint density at radius 1 is 1.55 bits per heavy atom. The lowest BCUT2D eigenvalue weighted by Gasteiger charge is -2.05. The Labute approximate surface area is 76.1 Å².